The number of anilines is 1. The molecule has 150 valence electrons. The Morgan fingerprint density at radius 2 is 1.79 bits per heavy atom. The number of benzene rings is 2. The van der Waals surface area contributed by atoms with Crippen molar-refractivity contribution in [2.75, 3.05) is 18.5 Å². The summed E-state index contributed by atoms with van der Waals surface area (Å²) >= 11 is 0. The van der Waals surface area contributed by atoms with Gasteiger partial charge >= 0.3 is 0 Å². The Labute approximate surface area is 166 Å². The molecule has 2 aromatic carbocycles. The molecule has 0 unspecified atom stereocenters. The molecule has 28 heavy (non-hydrogen) atoms. The minimum absolute atomic E-state index is 0.00128. The van der Waals surface area contributed by atoms with Crippen LogP contribution in [-0.4, -0.2) is 37.8 Å². The highest BCUT2D eigenvalue weighted by molar-refractivity contribution is 7.89. The van der Waals surface area contributed by atoms with Crippen LogP contribution < -0.4 is 10.1 Å². The van der Waals surface area contributed by atoms with Gasteiger partial charge < -0.3 is 10.1 Å². The second-order valence-electron chi connectivity index (χ2n) is 6.90. The average Bonchev–Trinajstić information content (AvgIpc) is 2.70. The Morgan fingerprint density at radius 3 is 2.39 bits per heavy atom. The maximum Gasteiger partial charge on any atom is 0.255 e. The molecule has 1 amide bonds. The number of hydrogen-bond acceptors (Lipinski definition) is 4. The Kier molecular flexibility index (Phi) is 6.36. The molecule has 7 heteroatoms. The molecule has 0 aromatic heterocycles. The Hall–Kier alpha value is -2.38. The first-order chi connectivity index (χ1) is 13.4. The van der Waals surface area contributed by atoms with Gasteiger partial charge in [0, 0.05) is 23.8 Å². The van der Waals surface area contributed by atoms with Gasteiger partial charge in [0.05, 0.1) is 11.5 Å². The zero-order valence-corrected chi connectivity index (χ0v) is 17.0. The summed E-state index contributed by atoms with van der Waals surface area (Å²) in [6.07, 6.45) is 2.81. The normalized spacial score (nSPS) is 17.9. The van der Waals surface area contributed by atoms with Crippen LogP contribution >= 0.6 is 0 Å². The summed E-state index contributed by atoms with van der Waals surface area (Å²) in [4.78, 5) is 12.7. The Balaban J connectivity index is 1.70. The van der Waals surface area contributed by atoms with Crippen molar-refractivity contribution in [2.45, 2.75) is 44.0 Å². The highest BCUT2D eigenvalue weighted by atomic mass is 32.2. The third-order valence-electron chi connectivity index (χ3n) is 4.89. The van der Waals surface area contributed by atoms with Crippen molar-refractivity contribution in [2.24, 2.45) is 0 Å². The van der Waals surface area contributed by atoms with Gasteiger partial charge in [-0.3, -0.25) is 4.79 Å². The van der Waals surface area contributed by atoms with E-state index in [1.54, 1.807) is 40.7 Å². The summed E-state index contributed by atoms with van der Waals surface area (Å²) in [6.45, 7) is 4.97. The second kappa shape index (κ2) is 8.75. The lowest BCUT2D eigenvalue weighted by Gasteiger charge is -2.32. The Morgan fingerprint density at radius 1 is 1.11 bits per heavy atom. The first-order valence-corrected chi connectivity index (χ1v) is 11.0. The molecule has 0 bridgehead atoms. The average molecular weight is 403 g/mol. The summed E-state index contributed by atoms with van der Waals surface area (Å²) in [5.74, 6) is 0.446. The minimum atomic E-state index is -3.54. The fourth-order valence-corrected chi connectivity index (χ4v) is 5.05. The zero-order valence-electron chi connectivity index (χ0n) is 16.2. The van der Waals surface area contributed by atoms with Crippen molar-refractivity contribution in [1.29, 1.82) is 0 Å². The van der Waals surface area contributed by atoms with Crippen molar-refractivity contribution in [3.05, 3.63) is 54.1 Å². The summed E-state index contributed by atoms with van der Waals surface area (Å²) in [5.41, 5.74) is 1.05. The van der Waals surface area contributed by atoms with Gasteiger partial charge in [-0.05, 0) is 75.2 Å². The van der Waals surface area contributed by atoms with Crippen LogP contribution in [0, 0.1) is 0 Å². The monoisotopic (exact) mass is 402 g/mol. The van der Waals surface area contributed by atoms with E-state index in [4.69, 9.17) is 4.74 Å². The van der Waals surface area contributed by atoms with Crippen LogP contribution in [0.4, 0.5) is 5.69 Å². The number of carbonyl (C=O) groups is 1. The largest absolute Gasteiger partial charge is 0.494 e. The highest BCUT2D eigenvalue weighted by Gasteiger charge is 2.30. The number of piperidine rings is 1. The maximum atomic E-state index is 12.9. The number of carbonyl (C=O) groups excluding carboxylic acids is 1. The molecular weight excluding hydrogens is 376 g/mol. The third kappa shape index (κ3) is 4.54. The molecule has 1 saturated heterocycles. The molecule has 3 rings (SSSR count). The molecule has 0 radical (unpaired) electrons. The van der Waals surface area contributed by atoms with E-state index < -0.39 is 10.0 Å². The lowest BCUT2D eigenvalue weighted by Crippen LogP contribution is -2.41. The van der Waals surface area contributed by atoms with Crippen LogP contribution in [0.3, 0.4) is 0 Å². The van der Waals surface area contributed by atoms with Gasteiger partial charge in [-0.15, -0.1) is 0 Å². The molecule has 1 aliphatic heterocycles. The lowest BCUT2D eigenvalue weighted by molar-refractivity contribution is 0.102. The molecule has 0 saturated carbocycles. The summed E-state index contributed by atoms with van der Waals surface area (Å²) in [7, 11) is -3.54. The van der Waals surface area contributed by atoms with Crippen LogP contribution in [0.2, 0.25) is 0 Å². The van der Waals surface area contributed by atoms with E-state index in [1.807, 2.05) is 13.8 Å². The zero-order chi connectivity index (χ0) is 20.1. The summed E-state index contributed by atoms with van der Waals surface area (Å²) in [5, 5.41) is 2.80. The van der Waals surface area contributed by atoms with Gasteiger partial charge in [-0.25, -0.2) is 8.42 Å². The topological polar surface area (TPSA) is 75.7 Å². The lowest BCUT2D eigenvalue weighted by atomic mass is 10.1. The number of sulfonamides is 1. The Bertz CT molecular complexity index is 908. The van der Waals surface area contributed by atoms with E-state index in [0.29, 0.717) is 24.4 Å². The molecule has 1 fully saturated rings. The number of nitrogens with one attached hydrogen (secondary N) is 1. The van der Waals surface area contributed by atoms with Crippen molar-refractivity contribution >= 4 is 21.6 Å². The van der Waals surface area contributed by atoms with Crippen LogP contribution in [0.5, 0.6) is 5.75 Å². The van der Waals surface area contributed by atoms with Crippen molar-refractivity contribution in [1.82, 2.24) is 4.31 Å². The van der Waals surface area contributed by atoms with Crippen LogP contribution in [0.25, 0.3) is 0 Å². The number of rotatable bonds is 6. The molecule has 1 N–H and O–H groups in total. The fraction of sp³-hybridized carbons (Fsp3) is 0.381. The van der Waals surface area contributed by atoms with Crippen molar-refractivity contribution < 1.29 is 17.9 Å². The van der Waals surface area contributed by atoms with Gasteiger partial charge in [0.25, 0.3) is 5.91 Å². The van der Waals surface area contributed by atoms with Crippen LogP contribution in [0.15, 0.2) is 53.4 Å². The van der Waals surface area contributed by atoms with Gasteiger partial charge in [-0.1, -0.05) is 6.42 Å². The molecular formula is C21H26N2O4S. The second-order valence-corrected chi connectivity index (χ2v) is 8.79. The molecule has 1 aliphatic rings. The van der Waals surface area contributed by atoms with E-state index >= 15 is 0 Å². The first kappa shape index (κ1) is 20.4. The number of hydrogen-bond donors (Lipinski definition) is 1. The smallest absolute Gasteiger partial charge is 0.255 e. The van der Waals surface area contributed by atoms with E-state index in [9.17, 15) is 13.2 Å². The number of nitrogens with zero attached hydrogens (tertiary/aromatic N) is 1. The molecule has 2 aromatic rings. The molecule has 1 atom stereocenters. The molecule has 6 nitrogen and oxygen atoms in total. The van der Waals surface area contributed by atoms with E-state index in [2.05, 4.69) is 5.32 Å². The number of amides is 1. The SMILES string of the molecule is CCOc1ccc(NC(=O)c2ccc(S(=O)(=O)N3CCCC[C@@H]3C)cc2)cc1. The maximum absolute atomic E-state index is 12.9. The molecule has 0 spiro atoms. The van der Waals surface area contributed by atoms with Crippen LogP contribution in [0.1, 0.15) is 43.5 Å². The van der Waals surface area contributed by atoms with Gasteiger partial charge in [0.15, 0.2) is 0 Å². The standard InChI is InChI=1S/C21H26N2O4S/c1-3-27-19-11-9-18(10-12-19)22-21(24)17-7-13-20(14-8-17)28(25,26)23-15-5-4-6-16(23)2/h7-14,16H,3-6,15H2,1-2H3,(H,22,24)/t16-/m0/s1. The summed E-state index contributed by atoms with van der Waals surface area (Å²) in [6, 6.07) is 13.2. The fourth-order valence-electron chi connectivity index (χ4n) is 3.35. The van der Waals surface area contributed by atoms with Crippen molar-refractivity contribution in [3.8, 4) is 5.75 Å². The van der Waals surface area contributed by atoms with Crippen molar-refractivity contribution in [3.63, 3.8) is 0 Å². The predicted octanol–water partition coefficient (Wildman–Crippen LogP) is 3.90. The minimum Gasteiger partial charge on any atom is -0.494 e. The predicted molar refractivity (Wildman–Crippen MR) is 109 cm³/mol. The quantitative estimate of drug-likeness (QED) is 0.795. The van der Waals surface area contributed by atoms with Gasteiger partial charge in [-0.2, -0.15) is 4.31 Å². The third-order valence-corrected chi connectivity index (χ3v) is 6.92. The molecule has 1 heterocycles. The van der Waals surface area contributed by atoms with Gasteiger partial charge in [0.2, 0.25) is 10.0 Å². The van der Waals surface area contributed by atoms with E-state index in [-0.39, 0.29) is 16.8 Å². The van der Waals surface area contributed by atoms with E-state index in [0.717, 1.165) is 25.0 Å². The number of ether oxygens (including phenoxy) is 1. The van der Waals surface area contributed by atoms with E-state index in [1.165, 1.54) is 12.1 Å². The summed E-state index contributed by atoms with van der Waals surface area (Å²) < 4.78 is 32.7. The highest BCUT2D eigenvalue weighted by Crippen LogP contribution is 2.25. The first-order valence-electron chi connectivity index (χ1n) is 9.58. The van der Waals surface area contributed by atoms with Crippen LogP contribution in [-0.2, 0) is 10.0 Å². The van der Waals surface area contributed by atoms with Gasteiger partial charge in [0.1, 0.15) is 5.75 Å². The molecule has 0 aliphatic carbocycles.